The molecule has 1 aromatic heterocycles. The number of aromatic nitrogens is 1. The quantitative estimate of drug-likeness (QED) is 0.728. The average molecular weight is 265 g/mol. The number of hydrogen-bond donors (Lipinski definition) is 1. The summed E-state index contributed by atoms with van der Waals surface area (Å²) in [6.07, 6.45) is 0.750. The second-order valence-corrected chi connectivity index (χ2v) is 4.72. The van der Waals surface area contributed by atoms with Crippen molar-refractivity contribution in [1.29, 1.82) is 0 Å². The molecule has 0 fully saturated rings. The van der Waals surface area contributed by atoms with E-state index in [0.29, 0.717) is 5.75 Å². The van der Waals surface area contributed by atoms with Gasteiger partial charge in [-0.25, -0.2) is 0 Å². The Morgan fingerprint density at radius 1 is 1.20 bits per heavy atom. The lowest BCUT2D eigenvalue weighted by Gasteiger charge is -2.12. The molecule has 1 unspecified atom stereocenters. The highest BCUT2D eigenvalue weighted by molar-refractivity contribution is 6.09. The summed E-state index contributed by atoms with van der Waals surface area (Å²) < 4.78 is 5.76. The topological polar surface area (TPSA) is 42.1 Å². The third-order valence-corrected chi connectivity index (χ3v) is 3.41. The maximum absolute atomic E-state index is 11.6. The zero-order valence-corrected chi connectivity index (χ0v) is 11.2. The lowest BCUT2D eigenvalue weighted by molar-refractivity contribution is -0.120. The van der Waals surface area contributed by atoms with Crippen LogP contribution in [-0.2, 0) is 4.79 Å². The molecule has 0 spiro atoms. The minimum Gasteiger partial charge on any atom is -0.480 e. The Labute approximate surface area is 116 Å². The number of aromatic amines is 1. The normalized spacial score (nSPS) is 12.4. The van der Waals surface area contributed by atoms with Gasteiger partial charge < -0.3 is 9.72 Å². The number of ether oxygens (including phenoxy) is 1. The number of benzene rings is 2. The van der Waals surface area contributed by atoms with Crippen LogP contribution < -0.4 is 4.74 Å². The van der Waals surface area contributed by atoms with Gasteiger partial charge in [-0.3, -0.25) is 4.79 Å². The molecule has 3 heteroatoms. The number of para-hydroxylation sites is 2. The number of hydrogen-bond acceptors (Lipinski definition) is 2. The maximum atomic E-state index is 11.6. The highest BCUT2D eigenvalue weighted by Gasteiger charge is 2.14. The summed E-state index contributed by atoms with van der Waals surface area (Å²) in [5.41, 5.74) is 1.97. The molecule has 0 saturated carbocycles. The summed E-state index contributed by atoms with van der Waals surface area (Å²) in [6, 6.07) is 13.9. The summed E-state index contributed by atoms with van der Waals surface area (Å²) >= 11 is 0. The predicted octanol–water partition coefficient (Wildman–Crippen LogP) is 3.84. The molecule has 0 saturated heterocycles. The van der Waals surface area contributed by atoms with Crippen molar-refractivity contribution in [1.82, 2.24) is 4.98 Å². The van der Waals surface area contributed by atoms with Gasteiger partial charge in [-0.15, -0.1) is 0 Å². The molecule has 3 nitrogen and oxygen atoms in total. The van der Waals surface area contributed by atoms with Gasteiger partial charge in [0, 0.05) is 16.3 Å². The van der Waals surface area contributed by atoms with Crippen LogP contribution in [0.4, 0.5) is 0 Å². The van der Waals surface area contributed by atoms with Crippen LogP contribution in [0.1, 0.15) is 6.92 Å². The predicted molar refractivity (Wildman–Crippen MR) is 81.1 cm³/mol. The summed E-state index contributed by atoms with van der Waals surface area (Å²) in [6.45, 7) is 5.21. The fourth-order valence-corrected chi connectivity index (χ4v) is 2.36. The number of carbonyl (C=O) groups excluding carboxylic acids is 1. The first-order valence-electron chi connectivity index (χ1n) is 6.53. The van der Waals surface area contributed by atoms with E-state index in [9.17, 15) is 4.79 Å². The number of rotatable bonds is 4. The molecule has 0 aliphatic carbocycles. The number of carbonyl (C=O) groups is 1. The lowest BCUT2D eigenvalue weighted by atomic mass is 10.1. The highest BCUT2D eigenvalue weighted by atomic mass is 16.5. The molecule has 0 aliphatic heterocycles. The van der Waals surface area contributed by atoms with E-state index in [4.69, 9.17) is 4.74 Å². The van der Waals surface area contributed by atoms with E-state index in [1.165, 1.54) is 6.08 Å². The van der Waals surface area contributed by atoms with Crippen LogP contribution in [0.2, 0.25) is 0 Å². The van der Waals surface area contributed by atoms with E-state index in [1.807, 2.05) is 36.4 Å². The Hall–Kier alpha value is -2.55. The molecule has 0 bridgehead atoms. The van der Waals surface area contributed by atoms with Crippen molar-refractivity contribution >= 4 is 27.6 Å². The van der Waals surface area contributed by atoms with Gasteiger partial charge >= 0.3 is 0 Å². The largest absolute Gasteiger partial charge is 0.480 e. The van der Waals surface area contributed by atoms with E-state index in [0.717, 1.165) is 21.8 Å². The van der Waals surface area contributed by atoms with Gasteiger partial charge in [0.1, 0.15) is 5.75 Å². The second kappa shape index (κ2) is 4.85. The molecule has 100 valence electrons. The molecule has 0 radical (unpaired) electrons. The zero-order chi connectivity index (χ0) is 14.1. The van der Waals surface area contributed by atoms with E-state index in [-0.39, 0.29) is 5.78 Å². The molecule has 3 rings (SSSR count). The van der Waals surface area contributed by atoms with E-state index < -0.39 is 6.10 Å². The van der Waals surface area contributed by atoms with Gasteiger partial charge in [0.05, 0.1) is 5.52 Å². The third kappa shape index (κ3) is 1.97. The molecule has 1 N–H and O–H groups in total. The van der Waals surface area contributed by atoms with Crippen molar-refractivity contribution < 1.29 is 9.53 Å². The number of H-pyrrole nitrogens is 1. The molecule has 1 heterocycles. The van der Waals surface area contributed by atoms with Crippen LogP contribution >= 0.6 is 0 Å². The molecule has 1 atom stereocenters. The van der Waals surface area contributed by atoms with E-state index >= 15 is 0 Å². The van der Waals surface area contributed by atoms with Gasteiger partial charge in [0.15, 0.2) is 11.9 Å². The highest BCUT2D eigenvalue weighted by Crippen LogP contribution is 2.31. The SMILES string of the molecule is C=CC(=O)C(C)Oc1cccc2c1[nH]c1ccccc12. The van der Waals surface area contributed by atoms with Gasteiger partial charge in [-0.2, -0.15) is 0 Å². The first-order valence-corrected chi connectivity index (χ1v) is 6.53. The van der Waals surface area contributed by atoms with Crippen molar-refractivity contribution in [2.24, 2.45) is 0 Å². The van der Waals surface area contributed by atoms with Crippen LogP contribution in [0.15, 0.2) is 55.1 Å². The monoisotopic (exact) mass is 265 g/mol. The van der Waals surface area contributed by atoms with Crippen LogP contribution in [-0.4, -0.2) is 16.9 Å². The van der Waals surface area contributed by atoms with Gasteiger partial charge in [0.25, 0.3) is 0 Å². The Kier molecular flexibility index (Phi) is 3.03. The van der Waals surface area contributed by atoms with Crippen LogP contribution in [0.25, 0.3) is 21.8 Å². The van der Waals surface area contributed by atoms with Crippen LogP contribution in [0.3, 0.4) is 0 Å². The fourth-order valence-electron chi connectivity index (χ4n) is 2.36. The fraction of sp³-hybridized carbons (Fsp3) is 0.118. The van der Waals surface area contributed by atoms with Crippen LogP contribution in [0, 0.1) is 0 Å². The number of nitrogens with one attached hydrogen (secondary N) is 1. The molecule has 3 aromatic rings. The van der Waals surface area contributed by atoms with Crippen molar-refractivity contribution in [3.63, 3.8) is 0 Å². The van der Waals surface area contributed by atoms with E-state index in [1.54, 1.807) is 6.92 Å². The molecular formula is C17H15NO2. The Morgan fingerprint density at radius 2 is 1.95 bits per heavy atom. The smallest absolute Gasteiger partial charge is 0.195 e. The first-order chi connectivity index (χ1) is 9.70. The first kappa shape index (κ1) is 12.5. The van der Waals surface area contributed by atoms with Crippen molar-refractivity contribution in [2.75, 3.05) is 0 Å². The molecular weight excluding hydrogens is 250 g/mol. The summed E-state index contributed by atoms with van der Waals surface area (Å²) in [7, 11) is 0. The molecule has 0 amide bonds. The second-order valence-electron chi connectivity index (χ2n) is 4.72. The Balaban J connectivity index is 2.12. The molecule has 0 aliphatic rings. The van der Waals surface area contributed by atoms with Crippen molar-refractivity contribution in [3.8, 4) is 5.75 Å². The zero-order valence-electron chi connectivity index (χ0n) is 11.2. The summed E-state index contributed by atoms with van der Waals surface area (Å²) in [4.78, 5) is 14.9. The number of ketones is 1. The van der Waals surface area contributed by atoms with Gasteiger partial charge in [-0.1, -0.05) is 36.9 Å². The molecule has 2 aromatic carbocycles. The minimum atomic E-state index is -0.537. The summed E-state index contributed by atoms with van der Waals surface area (Å²) in [5.74, 6) is 0.555. The lowest BCUT2D eigenvalue weighted by Crippen LogP contribution is -2.21. The van der Waals surface area contributed by atoms with Crippen molar-refractivity contribution in [3.05, 3.63) is 55.1 Å². The van der Waals surface area contributed by atoms with Gasteiger partial charge in [-0.05, 0) is 25.1 Å². The average Bonchev–Trinajstić information content (AvgIpc) is 2.86. The Morgan fingerprint density at radius 3 is 2.75 bits per heavy atom. The van der Waals surface area contributed by atoms with Gasteiger partial charge in [0.2, 0.25) is 0 Å². The summed E-state index contributed by atoms with van der Waals surface area (Å²) in [5, 5.41) is 2.24. The minimum absolute atomic E-state index is 0.127. The standard InChI is InChI=1S/C17H15NO2/c1-3-15(19)11(2)20-16-10-6-8-13-12-7-4-5-9-14(12)18-17(13)16/h3-11,18H,1H2,2H3. The van der Waals surface area contributed by atoms with Crippen LogP contribution in [0.5, 0.6) is 5.75 Å². The number of fused-ring (bicyclic) bond motifs is 3. The van der Waals surface area contributed by atoms with E-state index in [2.05, 4.69) is 17.6 Å². The Bertz CT molecular complexity index is 801. The third-order valence-electron chi connectivity index (χ3n) is 3.41. The van der Waals surface area contributed by atoms with Crippen molar-refractivity contribution in [2.45, 2.75) is 13.0 Å². The maximum Gasteiger partial charge on any atom is 0.195 e. The molecule has 20 heavy (non-hydrogen) atoms.